The Morgan fingerprint density at radius 3 is 2.62 bits per heavy atom. The molecule has 0 aliphatic carbocycles. The zero-order valence-electron chi connectivity index (χ0n) is 17.0. The lowest BCUT2D eigenvalue weighted by Crippen LogP contribution is -2.38. The van der Waals surface area contributed by atoms with Crippen molar-refractivity contribution < 1.29 is 14.3 Å². The Labute approximate surface area is 172 Å². The number of aromatic nitrogens is 1. The van der Waals surface area contributed by atoms with Crippen LogP contribution in [0.5, 0.6) is 5.75 Å². The van der Waals surface area contributed by atoms with Crippen molar-refractivity contribution in [2.45, 2.75) is 38.0 Å². The lowest BCUT2D eigenvalue weighted by atomic mass is 10.1. The van der Waals surface area contributed by atoms with Crippen LogP contribution in [0.25, 0.3) is 0 Å². The lowest BCUT2D eigenvalue weighted by molar-refractivity contribution is 0.0711. The highest BCUT2D eigenvalue weighted by Gasteiger charge is 2.25. The van der Waals surface area contributed by atoms with Gasteiger partial charge in [-0.3, -0.25) is 14.7 Å². The molecule has 2 fully saturated rings. The van der Waals surface area contributed by atoms with E-state index >= 15 is 0 Å². The quantitative estimate of drug-likeness (QED) is 0.753. The highest BCUT2D eigenvalue weighted by atomic mass is 16.5. The first-order valence-electron chi connectivity index (χ1n) is 10.4. The standard InChI is InChI=1S/C23H29N3O3/c1-25(20-11-15-28-17-20)23(27)18-5-7-21(8-6-18)29-22-9-13-26(14-10-22)16-19-4-2-3-12-24-19/h2-8,12,20,22H,9-11,13-17H2,1H3. The van der Waals surface area contributed by atoms with Gasteiger partial charge in [0.2, 0.25) is 0 Å². The Morgan fingerprint density at radius 1 is 1.17 bits per heavy atom. The van der Waals surface area contributed by atoms with E-state index in [0.29, 0.717) is 12.2 Å². The Morgan fingerprint density at radius 2 is 1.97 bits per heavy atom. The number of hydrogen-bond acceptors (Lipinski definition) is 5. The SMILES string of the molecule is CN(C(=O)c1ccc(OC2CCN(Cc3ccccn3)CC2)cc1)C1CCOC1. The van der Waals surface area contributed by atoms with Gasteiger partial charge >= 0.3 is 0 Å². The second-order valence-corrected chi connectivity index (χ2v) is 7.87. The Balaban J connectivity index is 1.25. The van der Waals surface area contributed by atoms with E-state index in [1.165, 1.54) is 0 Å². The van der Waals surface area contributed by atoms with Crippen molar-refractivity contribution in [1.82, 2.24) is 14.8 Å². The third-order valence-electron chi connectivity index (χ3n) is 5.82. The first kappa shape index (κ1) is 19.9. The van der Waals surface area contributed by atoms with Gasteiger partial charge in [-0.2, -0.15) is 0 Å². The summed E-state index contributed by atoms with van der Waals surface area (Å²) in [5.41, 5.74) is 1.80. The molecule has 2 saturated heterocycles. The van der Waals surface area contributed by atoms with Crippen LogP contribution in [0, 0.1) is 0 Å². The summed E-state index contributed by atoms with van der Waals surface area (Å²) in [4.78, 5) is 21.3. The summed E-state index contributed by atoms with van der Waals surface area (Å²) in [6.45, 7) is 4.26. The normalized spacial score (nSPS) is 20.5. The van der Waals surface area contributed by atoms with Crippen LogP contribution in [-0.2, 0) is 11.3 Å². The zero-order chi connectivity index (χ0) is 20.1. The summed E-state index contributed by atoms with van der Waals surface area (Å²) in [7, 11) is 1.85. The van der Waals surface area contributed by atoms with Gasteiger partial charge in [-0.1, -0.05) is 6.07 Å². The monoisotopic (exact) mass is 395 g/mol. The summed E-state index contributed by atoms with van der Waals surface area (Å²) in [5.74, 6) is 0.867. The van der Waals surface area contributed by atoms with Crippen LogP contribution >= 0.6 is 0 Å². The number of ether oxygens (including phenoxy) is 2. The van der Waals surface area contributed by atoms with Crippen molar-refractivity contribution in [2.24, 2.45) is 0 Å². The fourth-order valence-electron chi connectivity index (χ4n) is 3.97. The van der Waals surface area contributed by atoms with Crippen molar-refractivity contribution in [3.8, 4) is 5.75 Å². The molecule has 2 aromatic rings. The zero-order valence-corrected chi connectivity index (χ0v) is 17.0. The molecule has 0 saturated carbocycles. The van der Waals surface area contributed by atoms with E-state index in [4.69, 9.17) is 9.47 Å². The number of pyridine rings is 1. The molecule has 1 amide bonds. The van der Waals surface area contributed by atoms with E-state index in [1.54, 1.807) is 4.90 Å². The van der Waals surface area contributed by atoms with Gasteiger partial charge in [-0.25, -0.2) is 0 Å². The van der Waals surface area contributed by atoms with Gasteiger partial charge in [0, 0.05) is 45.0 Å². The second kappa shape index (κ2) is 9.37. The summed E-state index contributed by atoms with van der Waals surface area (Å²) < 4.78 is 11.5. The van der Waals surface area contributed by atoms with Crippen LogP contribution in [-0.4, -0.2) is 66.2 Å². The smallest absolute Gasteiger partial charge is 0.253 e. The number of carbonyl (C=O) groups is 1. The molecule has 6 heteroatoms. The molecule has 154 valence electrons. The topological polar surface area (TPSA) is 54.9 Å². The van der Waals surface area contributed by atoms with Crippen molar-refractivity contribution in [2.75, 3.05) is 33.4 Å². The van der Waals surface area contributed by atoms with Crippen molar-refractivity contribution in [1.29, 1.82) is 0 Å². The minimum absolute atomic E-state index is 0.0369. The number of nitrogens with zero attached hydrogens (tertiary/aromatic N) is 3. The van der Waals surface area contributed by atoms with Gasteiger partial charge in [-0.05, 0) is 55.7 Å². The van der Waals surface area contributed by atoms with Crippen LogP contribution in [0.2, 0.25) is 0 Å². The molecule has 0 spiro atoms. The third kappa shape index (κ3) is 5.14. The number of likely N-dealkylation sites (N-methyl/N-ethyl adjacent to an activating group) is 1. The maximum atomic E-state index is 12.6. The second-order valence-electron chi connectivity index (χ2n) is 7.87. The predicted octanol–water partition coefficient (Wildman–Crippen LogP) is 2.99. The molecule has 0 radical (unpaired) electrons. The molecule has 1 atom stereocenters. The van der Waals surface area contributed by atoms with Crippen molar-refractivity contribution in [3.05, 3.63) is 59.9 Å². The van der Waals surface area contributed by atoms with Gasteiger partial charge in [0.1, 0.15) is 11.9 Å². The lowest BCUT2D eigenvalue weighted by Gasteiger charge is -2.32. The number of benzene rings is 1. The number of rotatable bonds is 6. The van der Waals surface area contributed by atoms with E-state index in [2.05, 4.69) is 16.0 Å². The summed E-state index contributed by atoms with van der Waals surface area (Å²) in [6, 6.07) is 13.8. The maximum absolute atomic E-state index is 12.6. The molecule has 1 aromatic carbocycles. The Bertz CT molecular complexity index is 783. The number of amides is 1. The number of hydrogen-bond donors (Lipinski definition) is 0. The molecule has 2 aliphatic heterocycles. The average Bonchev–Trinajstić information content (AvgIpc) is 3.30. The van der Waals surface area contributed by atoms with Crippen LogP contribution in [0.4, 0.5) is 0 Å². The van der Waals surface area contributed by atoms with E-state index in [0.717, 1.165) is 56.9 Å². The minimum atomic E-state index is 0.0369. The minimum Gasteiger partial charge on any atom is -0.490 e. The van der Waals surface area contributed by atoms with E-state index < -0.39 is 0 Å². The number of likely N-dealkylation sites (tertiary alicyclic amines) is 1. The summed E-state index contributed by atoms with van der Waals surface area (Å²) >= 11 is 0. The van der Waals surface area contributed by atoms with Crippen LogP contribution in [0.1, 0.15) is 35.3 Å². The van der Waals surface area contributed by atoms with Crippen molar-refractivity contribution in [3.63, 3.8) is 0 Å². The third-order valence-corrected chi connectivity index (χ3v) is 5.82. The first-order chi connectivity index (χ1) is 14.2. The maximum Gasteiger partial charge on any atom is 0.253 e. The van der Waals surface area contributed by atoms with Gasteiger partial charge in [0.05, 0.1) is 18.3 Å². The van der Waals surface area contributed by atoms with Crippen LogP contribution in [0.3, 0.4) is 0 Å². The molecule has 4 rings (SSSR count). The number of carbonyl (C=O) groups excluding carboxylic acids is 1. The molecular formula is C23H29N3O3. The van der Waals surface area contributed by atoms with E-state index in [-0.39, 0.29) is 18.1 Å². The first-order valence-corrected chi connectivity index (χ1v) is 10.4. The van der Waals surface area contributed by atoms with Gasteiger partial charge in [0.25, 0.3) is 5.91 Å². The molecule has 0 bridgehead atoms. The molecule has 3 heterocycles. The molecule has 6 nitrogen and oxygen atoms in total. The van der Waals surface area contributed by atoms with Gasteiger partial charge < -0.3 is 14.4 Å². The average molecular weight is 396 g/mol. The van der Waals surface area contributed by atoms with E-state index in [1.807, 2.05) is 49.6 Å². The molecule has 1 aromatic heterocycles. The summed E-state index contributed by atoms with van der Waals surface area (Å²) in [6.07, 6.45) is 4.96. The Kier molecular flexibility index (Phi) is 6.42. The fourth-order valence-corrected chi connectivity index (χ4v) is 3.97. The molecule has 2 aliphatic rings. The largest absolute Gasteiger partial charge is 0.490 e. The number of piperidine rings is 1. The van der Waals surface area contributed by atoms with Crippen LogP contribution in [0.15, 0.2) is 48.7 Å². The fraction of sp³-hybridized carbons (Fsp3) is 0.478. The predicted molar refractivity (Wildman–Crippen MR) is 111 cm³/mol. The van der Waals surface area contributed by atoms with Gasteiger partial charge in [0.15, 0.2) is 0 Å². The van der Waals surface area contributed by atoms with Crippen molar-refractivity contribution >= 4 is 5.91 Å². The highest BCUT2D eigenvalue weighted by molar-refractivity contribution is 5.94. The Hall–Kier alpha value is -2.44. The van der Waals surface area contributed by atoms with E-state index in [9.17, 15) is 4.79 Å². The molecular weight excluding hydrogens is 366 g/mol. The van der Waals surface area contributed by atoms with Gasteiger partial charge in [-0.15, -0.1) is 0 Å². The highest BCUT2D eigenvalue weighted by Crippen LogP contribution is 2.21. The molecule has 1 unspecified atom stereocenters. The molecule has 29 heavy (non-hydrogen) atoms. The summed E-state index contributed by atoms with van der Waals surface area (Å²) in [5, 5.41) is 0. The van der Waals surface area contributed by atoms with Crippen LogP contribution < -0.4 is 4.74 Å². The molecule has 0 N–H and O–H groups in total.